The molecule has 0 bridgehead atoms. The van der Waals surface area contributed by atoms with Gasteiger partial charge in [-0.3, -0.25) is 0 Å². The van der Waals surface area contributed by atoms with Crippen LogP contribution in [0.1, 0.15) is 38.2 Å². The van der Waals surface area contributed by atoms with Crippen LogP contribution in [0.3, 0.4) is 0 Å². The number of hydrogen-bond donors (Lipinski definition) is 1. The Morgan fingerprint density at radius 1 is 1.24 bits per heavy atom. The van der Waals surface area contributed by atoms with Gasteiger partial charge in [0.25, 0.3) is 0 Å². The second kappa shape index (κ2) is 8.97. The Kier molecular flexibility index (Phi) is 6.68. The van der Waals surface area contributed by atoms with Crippen LogP contribution in [0.2, 0.25) is 0 Å². The Balaban J connectivity index is 1.66. The fourth-order valence-corrected chi connectivity index (χ4v) is 4.07. The van der Waals surface area contributed by atoms with Crippen LogP contribution in [0.15, 0.2) is 24.3 Å². The van der Waals surface area contributed by atoms with E-state index < -0.39 is 0 Å². The normalized spacial score (nSPS) is 22.1. The SMILES string of the molecule is CCc1ccc(NC(=S)N(CC2CCCO2)C2CCN(C)CC2)cc1. The highest BCUT2D eigenvalue weighted by Crippen LogP contribution is 2.21. The zero-order valence-corrected chi connectivity index (χ0v) is 16.4. The van der Waals surface area contributed by atoms with E-state index >= 15 is 0 Å². The summed E-state index contributed by atoms with van der Waals surface area (Å²) in [5, 5.41) is 4.31. The molecule has 0 saturated carbocycles. The molecular formula is C20H31N3OS. The number of nitrogens with one attached hydrogen (secondary N) is 1. The maximum Gasteiger partial charge on any atom is 0.173 e. The van der Waals surface area contributed by atoms with Crippen LogP contribution in [-0.4, -0.2) is 60.3 Å². The summed E-state index contributed by atoms with van der Waals surface area (Å²) in [7, 11) is 2.20. The molecule has 2 aliphatic rings. The Labute approximate surface area is 157 Å². The number of ether oxygens (including phenoxy) is 1. The molecule has 25 heavy (non-hydrogen) atoms. The van der Waals surface area contributed by atoms with Crippen LogP contribution in [0, 0.1) is 0 Å². The topological polar surface area (TPSA) is 27.7 Å². The number of likely N-dealkylation sites (tertiary alicyclic amines) is 1. The maximum absolute atomic E-state index is 5.89. The lowest BCUT2D eigenvalue weighted by molar-refractivity contribution is 0.0724. The first-order chi connectivity index (χ1) is 12.2. The van der Waals surface area contributed by atoms with Gasteiger partial charge in [-0.05, 0) is 82.2 Å². The molecule has 2 saturated heterocycles. The van der Waals surface area contributed by atoms with Gasteiger partial charge >= 0.3 is 0 Å². The second-order valence-corrected chi connectivity index (χ2v) is 7.69. The zero-order valence-electron chi connectivity index (χ0n) is 15.5. The molecule has 0 aromatic heterocycles. The molecule has 2 aliphatic heterocycles. The highest BCUT2D eigenvalue weighted by Gasteiger charge is 2.28. The predicted octanol–water partition coefficient (Wildman–Crippen LogP) is 3.52. The molecule has 2 heterocycles. The van der Waals surface area contributed by atoms with Crippen molar-refractivity contribution in [2.45, 2.75) is 51.2 Å². The summed E-state index contributed by atoms with van der Waals surface area (Å²) in [6.45, 7) is 6.26. The second-order valence-electron chi connectivity index (χ2n) is 7.30. The van der Waals surface area contributed by atoms with Crippen molar-refractivity contribution in [2.24, 2.45) is 0 Å². The van der Waals surface area contributed by atoms with Gasteiger partial charge in [0.1, 0.15) is 0 Å². The Morgan fingerprint density at radius 3 is 2.56 bits per heavy atom. The van der Waals surface area contributed by atoms with Gasteiger partial charge in [0.05, 0.1) is 6.10 Å². The quantitative estimate of drug-likeness (QED) is 0.810. The Bertz CT molecular complexity index is 549. The highest BCUT2D eigenvalue weighted by molar-refractivity contribution is 7.80. The van der Waals surface area contributed by atoms with E-state index in [1.807, 2.05) is 0 Å². The first-order valence-electron chi connectivity index (χ1n) is 9.62. The summed E-state index contributed by atoms with van der Waals surface area (Å²) in [5.74, 6) is 0. The van der Waals surface area contributed by atoms with E-state index in [1.54, 1.807) is 0 Å². The number of piperidine rings is 1. The summed E-state index contributed by atoms with van der Waals surface area (Å²) < 4.78 is 5.89. The summed E-state index contributed by atoms with van der Waals surface area (Å²) in [6, 6.07) is 9.11. The molecule has 1 aromatic carbocycles. The lowest BCUT2D eigenvalue weighted by Crippen LogP contribution is -2.50. The summed E-state index contributed by atoms with van der Waals surface area (Å²) >= 11 is 5.81. The number of anilines is 1. The number of hydrogen-bond acceptors (Lipinski definition) is 3. The van der Waals surface area contributed by atoms with E-state index in [-0.39, 0.29) is 0 Å². The third kappa shape index (κ3) is 5.16. The average molecular weight is 362 g/mol. The van der Waals surface area contributed by atoms with Crippen molar-refractivity contribution in [1.29, 1.82) is 0 Å². The van der Waals surface area contributed by atoms with Crippen LogP contribution in [0.25, 0.3) is 0 Å². The van der Waals surface area contributed by atoms with Crippen LogP contribution < -0.4 is 5.32 Å². The molecule has 1 aromatic rings. The van der Waals surface area contributed by atoms with Crippen LogP contribution in [0.4, 0.5) is 5.69 Å². The van der Waals surface area contributed by atoms with Crippen molar-refractivity contribution < 1.29 is 4.74 Å². The highest BCUT2D eigenvalue weighted by atomic mass is 32.1. The minimum absolute atomic E-state index is 0.321. The van der Waals surface area contributed by atoms with Gasteiger partial charge < -0.3 is 19.9 Å². The van der Waals surface area contributed by atoms with Gasteiger partial charge in [0, 0.05) is 24.9 Å². The molecule has 1 N–H and O–H groups in total. The Hall–Kier alpha value is -1.17. The van der Waals surface area contributed by atoms with E-state index in [4.69, 9.17) is 17.0 Å². The van der Waals surface area contributed by atoms with Crippen molar-refractivity contribution >= 4 is 23.0 Å². The molecular weight excluding hydrogens is 330 g/mol. The largest absolute Gasteiger partial charge is 0.376 e. The van der Waals surface area contributed by atoms with Crippen LogP contribution in [0.5, 0.6) is 0 Å². The van der Waals surface area contributed by atoms with Crippen LogP contribution in [-0.2, 0) is 11.2 Å². The van der Waals surface area contributed by atoms with Crippen molar-refractivity contribution in [1.82, 2.24) is 9.80 Å². The first-order valence-corrected chi connectivity index (χ1v) is 10.0. The van der Waals surface area contributed by atoms with Crippen molar-refractivity contribution in [3.63, 3.8) is 0 Å². The third-order valence-electron chi connectivity index (χ3n) is 5.43. The van der Waals surface area contributed by atoms with Gasteiger partial charge in [0.15, 0.2) is 5.11 Å². The predicted molar refractivity (Wildman–Crippen MR) is 108 cm³/mol. The first kappa shape index (κ1) is 18.6. The standard InChI is InChI=1S/C20H31N3OS/c1-3-16-6-8-17(9-7-16)21-20(25)23(15-19-5-4-14-24-19)18-10-12-22(2)13-11-18/h6-9,18-19H,3-5,10-15H2,1-2H3,(H,21,25). The zero-order chi connectivity index (χ0) is 17.6. The smallest absolute Gasteiger partial charge is 0.173 e. The van der Waals surface area contributed by atoms with E-state index in [0.717, 1.165) is 49.9 Å². The summed E-state index contributed by atoms with van der Waals surface area (Å²) in [6.07, 6.45) is 6.04. The van der Waals surface area contributed by atoms with Gasteiger partial charge in [-0.25, -0.2) is 0 Å². The molecule has 2 fully saturated rings. The van der Waals surface area contributed by atoms with Crippen molar-refractivity contribution in [3.05, 3.63) is 29.8 Å². The van der Waals surface area contributed by atoms with Crippen LogP contribution >= 0.6 is 12.2 Å². The van der Waals surface area contributed by atoms with Crippen molar-refractivity contribution in [3.8, 4) is 0 Å². The van der Waals surface area contributed by atoms with Gasteiger partial charge in [-0.15, -0.1) is 0 Å². The molecule has 0 spiro atoms. The van der Waals surface area contributed by atoms with E-state index in [0.29, 0.717) is 12.1 Å². The number of thiocarbonyl (C=S) groups is 1. The van der Waals surface area contributed by atoms with Gasteiger partial charge in [-0.2, -0.15) is 0 Å². The molecule has 4 nitrogen and oxygen atoms in total. The molecule has 0 radical (unpaired) electrons. The maximum atomic E-state index is 5.89. The lowest BCUT2D eigenvalue weighted by atomic mass is 10.0. The Morgan fingerprint density at radius 2 is 1.96 bits per heavy atom. The minimum Gasteiger partial charge on any atom is -0.376 e. The monoisotopic (exact) mass is 361 g/mol. The van der Waals surface area contributed by atoms with Gasteiger partial charge in [-0.1, -0.05) is 19.1 Å². The summed E-state index contributed by atoms with van der Waals surface area (Å²) in [4.78, 5) is 4.80. The molecule has 1 atom stereocenters. The van der Waals surface area contributed by atoms with E-state index in [1.165, 1.54) is 24.8 Å². The van der Waals surface area contributed by atoms with Crippen molar-refractivity contribution in [2.75, 3.05) is 38.6 Å². The fourth-order valence-electron chi connectivity index (χ4n) is 3.73. The third-order valence-corrected chi connectivity index (χ3v) is 5.76. The molecule has 138 valence electrons. The number of nitrogens with zero attached hydrogens (tertiary/aromatic N) is 2. The fraction of sp³-hybridized carbons (Fsp3) is 0.650. The summed E-state index contributed by atoms with van der Waals surface area (Å²) in [5.41, 5.74) is 2.43. The molecule has 0 aliphatic carbocycles. The molecule has 1 unspecified atom stereocenters. The minimum atomic E-state index is 0.321. The van der Waals surface area contributed by atoms with Gasteiger partial charge in [0.2, 0.25) is 0 Å². The van der Waals surface area contributed by atoms with E-state index in [9.17, 15) is 0 Å². The molecule has 3 rings (SSSR count). The average Bonchev–Trinajstić information content (AvgIpc) is 3.14. The van der Waals surface area contributed by atoms with E-state index in [2.05, 4.69) is 53.4 Å². The number of rotatable bonds is 5. The number of aryl methyl sites for hydroxylation is 1. The molecule has 5 heteroatoms. The number of benzene rings is 1. The molecule has 0 amide bonds. The lowest BCUT2D eigenvalue weighted by Gasteiger charge is -2.39.